The number of aromatic nitrogens is 4. The Kier molecular flexibility index (Phi) is 4.39. The molecular formula is C19H16FN5O2. The molecule has 0 saturated carbocycles. The number of halogens is 1. The van der Waals surface area contributed by atoms with E-state index in [9.17, 15) is 14.3 Å². The molecule has 8 heteroatoms. The van der Waals surface area contributed by atoms with Gasteiger partial charge in [-0.1, -0.05) is 12.1 Å². The van der Waals surface area contributed by atoms with E-state index in [0.29, 0.717) is 22.9 Å². The van der Waals surface area contributed by atoms with Gasteiger partial charge in [-0.05, 0) is 36.4 Å². The van der Waals surface area contributed by atoms with E-state index < -0.39 is 11.7 Å². The number of carbonyl (C=O) groups excluding carboxylic acids is 1. The van der Waals surface area contributed by atoms with Crippen molar-refractivity contribution >= 4 is 22.8 Å². The number of H-pyrrole nitrogens is 1. The number of aliphatic hydroxyl groups is 1. The molecule has 1 amide bonds. The number of anilines is 1. The number of aromatic amines is 1. The normalized spacial score (nSPS) is 11.0. The minimum Gasteiger partial charge on any atom is -0.394 e. The Morgan fingerprint density at radius 3 is 2.70 bits per heavy atom. The van der Waals surface area contributed by atoms with E-state index in [1.165, 1.54) is 24.3 Å². The summed E-state index contributed by atoms with van der Waals surface area (Å²) in [5.41, 5.74) is 2.63. The summed E-state index contributed by atoms with van der Waals surface area (Å²) in [5, 5.41) is 16.3. The number of benzene rings is 2. The molecule has 0 bridgehead atoms. The van der Waals surface area contributed by atoms with Crippen LogP contribution in [0, 0.1) is 5.82 Å². The van der Waals surface area contributed by atoms with Crippen molar-refractivity contribution in [3.05, 3.63) is 66.0 Å². The molecule has 0 atom stereocenters. The first-order valence-electron chi connectivity index (χ1n) is 8.35. The fraction of sp³-hybridized carbons (Fsp3) is 0.105. The highest BCUT2D eigenvalue weighted by Gasteiger charge is 2.16. The van der Waals surface area contributed by atoms with Gasteiger partial charge in [-0.25, -0.2) is 9.37 Å². The lowest BCUT2D eigenvalue weighted by Crippen LogP contribution is -2.13. The summed E-state index contributed by atoms with van der Waals surface area (Å²) in [7, 11) is 0. The van der Waals surface area contributed by atoms with Gasteiger partial charge in [0.25, 0.3) is 5.91 Å². The summed E-state index contributed by atoms with van der Waals surface area (Å²) in [4.78, 5) is 20.1. The first-order chi connectivity index (χ1) is 13.1. The van der Waals surface area contributed by atoms with Gasteiger partial charge in [-0.15, -0.1) is 0 Å². The van der Waals surface area contributed by atoms with Gasteiger partial charge in [0.15, 0.2) is 11.6 Å². The smallest absolute Gasteiger partial charge is 0.256 e. The van der Waals surface area contributed by atoms with Gasteiger partial charge in [0.05, 0.1) is 24.2 Å². The van der Waals surface area contributed by atoms with Crippen LogP contribution in [0.3, 0.4) is 0 Å². The molecule has 2 aromatic carbocycles. The minimum absolute atomic E-state index is 0.111. The molecule has 0 aliphatic heterocycles. The molecule has 2 heterocycles. The number of rotatable bonds is 5. The minimum atomic E-state index is -0.411. The quantitative estimate of drug-likeness (QED) is 0.507. The van der Waals surface area contributed by atoms with Crippen LogP contribution in [0.5, 0.6) is 0 Å². The maximum absolute atomic E-state index is 13.0. The Bertz CT molecular complexity index is 1070. The van der Waals surface area contributed by atoms with Crippen molar-refractivity contribution in [1.82, 2.24) is 19.7 Å². The van der Waals surface area contributed by atoms with Crippen molar-refractivity contribution < 1.29 is 14.3 Å². The second-order valence-corrected chi connectivity index (χ2v) is 5.93. The van der Waals surface area contributed by atoms with Gasteiger partial charge in [0.1, 0.15) is 11.5 Å². The van der Waals surface area contributed by atoms with Crippen molar-refractivity contribution in [2.75, 3.05) is 11.9 Å². The summed E-state index contributed by atoms with van der Waals surface area (Å²) in [5.74, 6) is 0.0819. The Labute approximate surface area is 153 Å². The number of para-hydroxylation sites is 2. The number of fused-ring (bicyclic) bond motifs is 1. The third kappa shape index (κ3) is 3.42. The van der Waals surface area contributed by atoms with Gasteiger partial charge in [0, 0.05) is 11.6 Å². The van der Waals surface area contributed by atoms with E-state index in [0.717, 1.165) is 11.0 Å². The molecule has 4 rings (SSSR count). The molecular weight excluding hydrogens is 349 g/mol. The predicted molar refractivity (Wildman–Crippen MR) is 98.8 cm³/mol. The Morgan fingerprint density at radius 2 is 1.96 bits per heavy atom. The summed E-state index contributed by atoms with van der Waals surface area (Å²) in [6.45, 7) is 0.138. The third-order valence-corrected chi connectivity index (χ3v) is 4.07. The van der Waals surface area contributed by atoms with Crippen LogP contribution in [-0.4, -0.2) is 37.4 Å². The van der Waals surface area contributed by atoms with Crippen LogP contribution in [0.4, 0.5) is 10.2 Å². The van der Waals surface area contributed by atoms with Crippen molar-refractivity contribution in [2.45, 2.75) is 6.54 Å². The highest BCUT2D eigenvalue weighted by atomic mass is 19.1. The molecule has 4 aromatic rings. The van der Waals surface area contributed by atoms with E-state index in [-0.39, 0.29) is 13.2 Å². The van der Waals surface area contributed by atoms with Crippen molar-refractivity contribution in [1.29, 1.82) is 0 Å². The van der Waals surface area contributed by atoms with Crippen LogP contribution in [0.25, 0.3) is 22.6 Å². The summed E-state index contributed by atoms with van der Waals surface area (Å²) in [6.07, 6.45) is 0. The topological polar surface area (TPSA) is 95.8 Å². The zero-order chi connectivity index (χ0) is 18.8. The fourth-order valence-electron chi connectivity index (χ4n) is 2.80. The van der Waals surface area contributed by atoms with Crippen molar-refractivity contribution in [3.8, 4) is 11.5 Å². The second kappa shape index (κ2) is 7.00. The SMILES string of the molecule is O=C(Nc1cc(-c2nc3ccccc3[nH]2)n(CCO)n1)c1ccc(F)cc1. The van der Waals surface area contributed by atoms with Gasteiger partial charge in [0.2, 0.25) is 0 Å². The molecule has 0 aliphatic rings. The zero-order valence-corrected chi connectivity index (χ0v) is 14.2. The number of nitrogens with zero attached hydrogens (tertiary/aromatic N) is 3. The monoisotopic (exact) mass is 365 g/mol. The van der Waals surface area contributed by atoms with Crippen molar-refractivity contribution in [3.63, 3.8) is 0 Å². The van der Waals surface area contributed by atoms with E-state index >= 15 is 0 Å². The molecule has 7 nitrogen and oxygen atoms in total. The maximum atomic E-state index is 13.0. The molecule has 0 saturated heterocycles. The van der Waals surface area contributed by atoms with Crippen LogP contribution in [0.2, 0.25) is 0 Å². The van der Waals surface area contributed by atoms with Crippen LogP contribution < -0.4 is 5.32 Å². The number of hydrogen-bond acceptors (Lipinski definition) is 4. The maximum Gasteiger partial charge on any atom is 0.256 e. The molecule has 3 N–H and O–H groups in total. The molecule has 0 spiro atoms. The first kappa shape index (κ1) is 16.9. The molecule has 136 valence electrons. The van der Waals surface area contributed by atoms with Gasteiger partial charge in [-0.3, -0.25) is 9.48 Å². The van der Waals surface area contributed by atoms with Crippen molar-refractivity contribution in [2.24, 2.45) is 0 Å². The molecule has 0 aliphatic carbocycles. The highest BCUT2D eigenvalue weighted by molar-refractivity contribution is 6.03. The molecule has 0 radical (unpaired) electrons. The summed E-state index contributed by atoms with van der Waals surface area (Å²) >= 11 is 0. The van der Waals surface area contributed by atoms with Crippen LogP contribution in [-0.2, 0) is 6.54 Å². The number of nitrogens with one attached hydrogen (secondary N) is 2. The lowest BCUT2D eigenvalue weighted by molar-refractivity contribution is 0.102. The number of aliphatic hydroxyl groups excluding tert-OH is 1. The Balaban J connectivity index is 1.65. The number of amides is 1. The molecule has 2 aromatic heterocycles. The third-order valence-electron chi connectivity index (χ3n) is 4.07. The lowest BCUT2D eigenvalue weighted by Gasteiger charge is -2.02. The van der Waals surface area contributed by atoms with E-state index in [1.54, 1.807) is 10.7 Å². The number of carbonyl (C=O) groups is 1. The predicted octanol–water partition coefficient (Wildman–Crippen LogP) is 2.81. The average Bonchev–Trinajstić information content (AvgIpc) is 3.26. The molecule has 0 fully saturated rings. The number of hydrogen-bond donors (Lipinski definition) is 3. The Hall–Kier alpha value is -3.52. The van der Waals surface area contributed by atoms with Crippen LogP contribution in [0.1, 0.15) is 10.4 Å². The standard InChI is InChI=1S/C19H16FN5O2/c20-13-7-5-12(6-8-13)19(27)23-17-11-16(25(24-17)9-10-26)18-21-14-3-1-2-4-15(14)22-18/h1-8,11,26H,9-10H2,(H,21,22)(H,23,24,27). The number of imidazole rings is 1. The summed E-state index contributed by atoms with van der Waals surface area (Å²) < 4.78 is 14.6. The van der Waals surface area contributed by atoms with Gasteiger partial charge >= 0.3 is 0 Å². The molecule has 0 unspecified atom stereocenters. The summed E-state index contributed by atoms with van der Waals surface area (Å²) in [6, 6.07) is 14.5. The first-order valence-corrected chi connectivity index (χ1v) is 8.35. The second-order valence-electron chi connectivity index (χ2n) is 5.93. The zero-order valence-electron chi connectivity index (χ0n) is 14.2. The van der Waals surface area contributed by atoms with E-state index in [2.05, 4.69) is 20.4 Å². The van der Waals surface area contributed by atoms with Gasteiger partial charge < -0.3 is 15.4 Å². The lowest BCUT2D eigenvalue weighted by atomic mass is 10.2. The van der Waals surface area contributed by atoms with Crippen LogP contribution >= 0.6 is 0 Å². The largest absolute Gasteiger partial charge is 0.394 e. The van der Waals surface area contributed by atoms with E-state index in [4.69, 9.17) is 0 Å². The average molecular weight is 365 g/mol. The fourth-order valence-corrected chi connectivity index (χ4v) is 2.80. The van der Waals surface area contributed by atoms with E-state index in [1.807, 2.05) is 24.3 Å². The molecule has 27 heavy (non-hydrogen) atoms. The van der Waals surface area contributed by atoms with Crippen LogP contribution in [0.15, 0.2) is 54.6 Å². The van der Waals surface area contributed by atoms with Gasteiger partial charge in [-0.2, -0.15) is 5.10 Å². The highest BCUT2D eigenvalue weighted by Crippen LogP contribution is 2.23. The Morgan fingerprint density at radius 1 is 1.19 bits per heavy atom.